The summed E-state index contributed by atoms with van der Waals surface area (Å²) in [4.78, 5) is 11.7. The molecule has 108 valence electrons. The fourth-order valence-corrected chi connectivity index (χ4v) is 1.75. The van der Waals surface area contributed by atoms with E-state index in [-0.39, 0.29) is 5.91 Å². The normalized spacial score (nSPS) is 10.7. The van der Waals surface area contributed by atoms with Crippen LogP contribution in [0.5, 0.6) is 0 Å². The van der Waals surface area contributed by atoms with Crippen molar-refractivity contribution in [2.24, 2.45) is 0 Å². The van der Waals surface area contributed by atoms with Crippen molar-refractivity contribution in [3.05, 3.63) is 23.3 Å². The van der Waals surface area contributed by atoms with Crippen LogP contribution in [0.4, 0.5) is 0 Å². The molecule has 0 fully saturated rings. The molecule has 0 spiro atoms. The number of nitrogens with zero attached hydrogens (tertiary/aromatic N) is 5. The first-order valence-electron chi connectivity index (χ1n) is 6.63. The van der Waals surface area contributed by atoms with Crippen LogP contribution < -0.4 is 5.32 Å². The molecule has 0 aliphatic rings. The molecular weight excluding hydrogens is 260 g/mol. The van der Waals surface area contributed by atoms with Crippen molar-refractivity contribution >= 4 is 5.91 Å². The van der Waals surface area contributed by atoms with Crippen molar-refractivity contribution in [1.29, 1.82) is 0 Å². The van der Waals surface area contributed by atoms with Gasteiger partial charge in [0.25, 0.3) is 0 Å². The molecule has 8 nitrogen and oxygen atoms in total. The Hall–Kier alpha value is -2.25. The molecule has 2 rings (SSSR count). The Kier molecular flexibility index (Phi) is 4.80. The molecule has 0 radical (unpaired) electrons. The number of hydrogen-bond donors (Lipinski definition) is 1. The molecule has 1 amide bonds. The van der Waals surface area contributed by atoms with Crippen LogP contribution in [-0.4, -0.2) is 31.3 Å². The van der Waals surface area contributed by atoms with Crippen molar-refractivity contribution in [2.75, 3.05) is 0 Å². The van der Waals surface area contributed by atoms with Gasteiger partial charge in [0.1, 0.15) is 5.82 Å². The summed E-state index contributed by atoms with van der Waals surface area (Å²) in [6, 6.07) is 1.87. The summed E-state index contributed by atoms with van der Waals surface area (Å²) in [6.07, 6.45) is 2.22. The molecule has 2 aromatic heterocycles. The lowest BCUT2D eigenvalue weighted by Crippen LogP contribution is -2.24. The van der Waals surface area contributed by atoms with E-state index in [0.29, 0.717) is 31.1 Å². The SMILES string of the molecule is CCCc1cc(CNC(=O)CCn2nnnc2C)on1. The third kappa shape index (κ3) is 3.87. The number of tetrazole rings is 1. The topological polar surface area (TPSA) is 98.7 Å². The summed E-state index contributed by atoms with van der Waals surface area (Å²) in [5.74, 6) is 1.28. The standard InChI is InChI=1S/C12H18N6O2/c1-3-4-10-7-11(20-15-10)8-13-12(19)5-6-18-9(2)14-16-17-18/h7H,3-6,8H2,1-2H3,(H,13,19). The molecule has 2 aromatic rings. The van der Waals surface area contributed by atoms with E-state index in [2.05, 4.69) is 32.9 Å². The lowest BCUT2D eigenvalue weighted by Gasteiger charge is -2.03. The fraction of sp³-hybridized carbons (Fsp3) is 0.583. The first-order chi connectivity index (χ1) is 9.69. The number of amides is 1. The minimum absolute atomic E-state index is 0.0756. The van der Waals surface area contributed by atoms with E-state index < -0.39 is 0 Å². The van der Waals surface area contributed by atoms with Gasteiger partial charge in [-0.05, 0) is 23.8 Å². The van der Waals surface area contributed by atoms with Gasteiger partial charge < -0.3 is 9.84 Å². The van der Waals surface area contributed by atoms with E-state index in [1.54, 1.807) is 11.6 Å². The van der Waals surface area contributed by atoms with Crippen LogP contribution in [0.25, 0.3) is 0 Å². The zero-order valence-corrected chi connectivity index (χ0v) is 11.7. The minimum atomic E-state index is -0.0756. The summed E-state index contributed by atoms with van der Waals surface area (Å²) in [7, 11) is 0. The van der Waals surface area contributed by atoms with Gasteiger partial charge in [0.05, 0.1) is 18.8 Å². The smallest absolute Gasteiger partial charge is 0.222 e. The van der Waals surface area contributed by atoms with Gasteiger partial charge in [-0.15, -0.1) is 5.10 Å². The molecule has 2 heterocycles. The van der Waals surface area contributed by atoms with E-state index in [4.69, 9.17) is 4.52 Å². The molecule has 0 atom stereocenters. The van der Waals surface area contributed by atoms with Crippen molar-refractivity contribution in [1.82, 2.24) is 30.7 Å². The summed E-state index contributed by atoms with van der Waals surface area (Å²) in [5.41, 5.74) is 0.918. The molecule has 0 aliphatic carbocycles. The van der Waals surface area contributed by atoms with E-state index in [0.717, 1.165) is 18.5 Å². The molecule has 8 heteroatoms. The Morgan fingerprint density at radius 3 is 3.05 bits per heavy atom. The molecule has 0 aliphatic heterocycles. The van der Waals surface area contributed by atoms with Crippen LogP contribution in [0.2, 0.25) is 0 Å². The first kappa shape index (κ1) is 14.2. The Bertz CT molecular complexity index is 562. The van der Waals surface area contributed by atoms with E-state index in [1.165, 1.54) is 0 Å². The Balaban J connectivity index is 1.73. The van der Waals surface area contributed by atoms with Gasteiger partial charge in [0, 0.05) is 12.5 Å². The van der Waals surface area contributed by atoms with Crippen LogP contribution in [0, 0.1) is 6.92 Å². The van der Waals surface area contributed by atoms with Gasteiger partial charge in [-0.2, -0.15) is 0 Å². The highest BCUT2D eigenvalue weighted by atomic mass is 16.5. The van der Waals surface area contributed by atoms with Crippen LogP contribution in [0.1, 0.15) is 37.0 Å². The third-order valence-electron chi connectivity index (χ3n) is 2.84. The molecular formula is C12H18N6O2. The molecule has 1 N–H and O–H groups in total. The van der Waals surface area contributed by atoms with E-state index >= 15 is 0 Å². The lowest BCUT2D eigenvalue weighted by atomic mass is 10.2. The number of hydrogen-bond acceptors (Lipinski definition) is 6. The van der Waals surface area contributed by atoms with Crippen molar-refractivity contribution in [2.45, 2.75) is 46.2 Å². The summed E-state index contributed by atoms with van der Waals surface area (Å²) < 4.78 is 6.73. The van der Waals surface area contributed by atoms with Gasteiger partial charge in [0.2, 0.25) is 5.91 Å². The van der Waals surface area contributed by atoms with E-state index in [9.17, 15) is 4.79 Å². The zero-order chi connectivity index (χ0) is 14.4. The van der Waals surface area contributed by atoms with Gasteiger partial charge in [0.15, 0.2) is 5.76 Å². The molecule has 0 saturated carbocycles. The number of aryl methyl sites for hydroxylation is 3. The predicted octanol–water partition coefficient (Wildman–Crippen LogP) is 0.629. The molecule has 20 heavy (non-hydrogen) atoms. The second-order valence-corrected chi connectivity index (χ2v) is 4.51. The fourth-order valence-electron chi connectivity index (χ4n) is 1.75. The van der Waals surface area contributed by atoms with Gasteiger partial charge in [-0.25, -0.2) is 4.68 Å². The second kappa shape index (κ2) is 6.78. The largest absolute Gasteiger partial charge is 0.359 e. The molecule has 0 saturated heterocycles. The zero-order valence-electron chi connectivity index (χ0n) is 11.7. The van der Waals surface area contributed by atoms with Crippen molar-refractivity contribution in [3.8, 4) is 0 Å². The number of rotatable bonds is 7. The minimum Gasteiger partial charge on any atom is -0.359 e. The van der Waals surface area contributed by atoms with Crippen LogP contribution >= 0.6 is 0 Å². The third-order valence-corrected chi connectivity index (χ3v) is 2.84. The maximum Gasteiger partial charge on any atom is 0.222 e. The van der Waals surface area contributed by atoms with Gasteiger partial charge >= 0.3 is 0 Å². The summed E-state index contributed by atoms with van der Waals surface area (Å²) in [6.45, 7) is 4.69. The van der Waals surface area contributed by atoms with Crippen molar-refractivity contribution in [3.63, 3.8) is 0 Å². The quantitative estimate of drug-likeness (QED) is 0.797. The average molecular weight is 278 g/mol. The monoisotopic (exact) mass is 278 g/mol. The molecule has 0 aromatic carbocycles. The maximum absolute atomic E-state index is 11.7. The van der Waals surface area contributed by atoms with Crippen LogP contribution in [-0.2, 0) is 24.3 Å². The predicted molar refractivity (Wildman–Crippen MR) is 69.5 cm³/mol. The summed E-state index contributed by atoms with van der Waals surface area (Å²) >= 11 is 0. The molecule has 0 bridgehead atoms. The number of carbonyl (C=O) groups excluding carboxylic acids is 1. The average Bonchev–Trinajstić information content (AvgIpc) is 3.04. The van der Waals surface area contributed by atoms with Crippen LogP contribution in [0.15, 0.2) is 10.6 Å². The van der Waals surface area contributed by atoms with Crippen molar-refractivity contribution < 1.29 is 9.32 Å². The Morgan fingerprint density at radius 2 is 2.35 bits per heavy atom. The highest BCUT2D eigenvalue weighted by Gasteiger charge is 2.07. The Labute approximate surface area is 116 Å². The second-order valence-electron chi connectivity index (χ2n) is 4.51. The Morgan fingerprint density at radius 1 is 1.50 bits per heavy atom. The van der Waals surface area contributed by atoms with Gasteiger partial charge in [-0.1, -0.05) is 18.5 Å². The summed E-state index contributed by atoms with van der Waals surface area (Å²) in [5, 5.41) is 17.8. The van der Waals surface area contributed by atoms with Gasteiger partial charge in [-0.3, -0.25) is 4.79 Å². The number of nitrogens with one attached hydrogen (secondary N) is 1. The number of aromatic nitrogens is 5. The lowest BCUT2D eigenvalue weighted by molar-refractivity contribution is -0.121. The highest BCUT2D eigenvalue weighted by Crippen LogP contribution is 2.05. The maximum atomic E-state index is 11.7. The van der Waals surface area contributed by atoms with E-state index in [1.807, 2.05) is 6.07 Å². The first-order valence-corrected chi connectivity index (χ1v) is 6.63. The molecule has 0 unspecified atom stereocenters. The van der Waals surface area contributed by atoms with Crippen LogP contribution in [0.3, 0.4) is 0 Å². The highest BCUT2D eigenvalue weighted by molar-refractivity contribution is 5.75. The number of carbonyl (C=O) groups is 1.